The van der Waals surface area contributed by atoms with Gasteiger partial charge in [-0.2, -0.15) is 0 Å². The van der Waals surface area contributed by atoms with E-state index in [1.165, 1.54) is 0 Å². The number of hydrogen-bond acceptors (Lipinski definition) is 4. The first-order chi connectivity index (χ1) is 12.1. The topological polar surface area (TPSA) is 38.8 Å². The summed E-state index contributed by atoms with van der Waals surface area (Å²) in [5, 5.41) is 0. The SMILES string of the molecule is CN(C)c1ccc(/C=C/C(=O)c2ccccc2B2OCCCO2)cc1. The monoisotopic (exact) mass is 335 g/mol. The Morgan fingerprint density at radius 2 is 1.72 bits per heavy atom. The maximum Gasteiger partial charge on any atom is 0.494 e. The number of nitrogens with zero attached hydrogens (tertiary/aromatic N) is 1. The lowest BCUT2D eigenvalue weighted by molar-refractivity contribution is 0.104. The van der Waals surface area contributed by atoms with Gasteiger partial charge in [-0.25, -0.2) is 0 Å². The first-order valence-corrected chi connectivity index (χ1v) is 8.47. The normalized spacial score (nSPS) is 14.7. The Morgan fingerprint density at radius 1 is 1.04 bits per heavy atom. The van der Waals surface area contributed by atoms with Gasteiger partial charge in [0.2, 0.25) is 0 Å². The van der Waals surface area contributed by atoms with Crippen LogP contribution in [0, 0.1) is 0 Å². The number of benzene rings is 2. The number of carbonyl (C=O) groups excluding carboxylic acids is 1. The third-order valence-electron chi connectivity index (χ3n) is 4.14. The molecule has 5 heteroatoms. The number of allylic oxidation sites excluding steroid dienone is 1. The van der Waals surface area contributed by atoms with Crippen molar-refractivity contribution in [3.05, 3.63) is 65.7 Å². The van der Waals surface area contributed by atoms with Crippen molar-refractivity contribution in [3.63, 3.8) is 0 Å². The van der Waals surface area contributed by atoms with Crippen molar-refractivity contribution in [2.75, 3.05) is 32.2 Å². The first kappa shape index (κ1) is 17.5. The second-order valence-electron chi connectivity index (χ2n) is 6.20. The Morgan fingerprint density at radius 3 is 2.40 bits per heavy atom. The molecule has 3 rings (SSSR count). The van der Waals surface area contributed by atoms with Crippen molar-refractivity contribution in [1.29, 1.82) is 0 Å². The van der Waals surface area contributed by atoms with Crippen LogP contribution in [0.3, 0.4) is 0 Å². The summed E-state index contributed by atoms with van der Waals surface area (Å²) in [6, 6.07) is 15.5. The summed E-state index contributed by atoms with van der Waals surface area (Å²) < 4.78 is 11.3. The highest BCUT2D eigenvalue weighted by molar-refractivity contribution is 6.63. The van der Waals surface area contributed by atoms with Gasteiger partial charge in [0.1, 0.15) is 0 Å². The van der Waals surface area contributed by atoms with Gasteiger partial charge >= 0.3 is 7.12 Å². The number of rotatable bonds is 5. The van der Waals surface area contributed by atoms with Crippen molar-refractivity contribution in [2.24, 2.45) is 0 Å². The Hall–Kier alpha value is -2.37. The average Bonchev–Trinajstić information content (AvgIpc) is 2.67. The van der Waals surface area contributed by atoms with Gasteiger partial charge in [-0.1, -0.05) is 42.5 Å². The predicted octanol–water partition coefficient (Wildman–Crippen LogP) is 2.78. The van der Waals surface area contributed by atoms with Gasteiger partial charge in [-0.05, 0) is 35.7 Å². The van der Waals surface area contributed by atoms with Crippen LogP contribution in [-0.2, 0) is 9.31 Å². The van der Waals surface area contributed by atoms with E-state index < -0.39 is 7.12 Å². The van der Waals surface area contributed by atoms with Gasteiger partial charge in [0.15, 0.2) is 5.78 Å². The van der Waals surface area contributed by atoms with Gasteiger partial charge < -0.3 is 14.2 Å². The van der Waals surface area contributed by atoms with E-state index in [0.717, 1.165) is 23.1 Å². The van der Waals surface area contributed by atoms with Crippen LogP contribution in [0.2, 0.25) is 0 Å². The molecule has 0 radical (unpaired) electrons. The van der Waals surface area contributed by atoms with E-state index in [2.05, 4.69) is 0 Å². The number of hydrogen-bond donors (Lipinski definition) is 0. The first-order valence-electron chi connectivity index (χ1n) is 8.47. The third-order valence-corrected chi connectivity index (χ3v) is 4.14. The fourth-order valence-corrected chi connectivity index (χ4v) is 2.74. The fourth-order valence-electron chi connectivity index (χ4n) is 2.74. The van der Waals surface area contributed by atoms with E-state index in [0.29, 0.717) is 18.8 Å². The predicted molar refractivity (Wildman–Crippen MR) is 102 cm³/mol. The molecular formula is C20H22BNO3. The minimum absolute atomic E-state index is 0.0509. The highest BCUT2D eigenvalue weighted by Crippen LogP contribution is 2.14. The Labute approximate surface area is 149 Å². The van der Waals surface area contributed by atoms with Crippen LogP contribution in [0.1, 0.15) is 22.3 Å². The van der Waals surface area contributed by atoms with Crippen LogP contribution in [0.4, 0.5) is 5.69 Å². The molecule has 0 N–H and O–H groups in total. The zero-order valence-corrected chi connectivity index (χ0v) is 14.6. The molecule has 4 nitrogen and oxygen atoms in total. The Kier molecular flexibility index (Phi) is 5.69. The summed E-state index contributed by atoms with van der Waals surface area (Å²) in [5.41, 5.74) is 3.53. The molecule has 0 aliphatic carbocycles. The van der Waals surface area contributed by atoms with Gasteiger partial charge in [-0.3, -0.25) is 4.79 Å². The highest BCUT2D eigenvalue weighted by Gasteiger charge is 2.28. The van der Waals surface area contributed by atoms with Crippen molar-refractivity contribution in [1.82, 2.24) is 0 Å². The lowest BCUT2D eigenvalue weighted by Gasteiger charge is -2.21. The maximum atomic E-state index is 12.7. The zero-order chi connectivity index (χ0) is 17.6. The van der Waals surface area contributed by atoms with E-state index >= 15 is 0 Å². The Balaban J connectivity index is 1.76. The fraction of sp³-hybridized carbons (Fsp3) is 0.250. The molecule has 1 heterocycles. The van der Waals surface area contributed by atoms with Crippen molar-refractivity contribution >= 4 is 30.1 Å². The molecule has 0 atom stereocenters. The molecule has 0 spiro atoms. The van der Waals surface area contributed by atoms with Gasteiger partial charge in [0.05, 0.1) is 0 Å². The molecular weight excluding hydrogens is 313 g/mol. The van der Waals surface area contributed by atoms with Crippen LogP contribution in [0.5, 0.6) is 0 Å². The largest absolute Gasteiger partial charge is 0.494 e. The van der Waals surface area contributed by atoms with Crippen LogP contribution < -0.4 is 10.4 Å². The van der Waals surface area contributed by atoms with Crippen molar-refractivity contribution in [2.45, 2.75) is 6.42 Å². The summed E-state index contributed by atoms with van der Waals surface area (Å²) >= 11 is 0. The smallest absolute Gasteiger partial charge is 0.407 e. The average molecular weight is 335 g/mol. The lowest BCUT2D eigenvalue weighted by Crippen LogP contribution is -2.43. The maximum absolute atomic E-state index is 12.7. The molecule has 1 fully saturated rings. The van der Waals surface area contributed by atoms with E-state index in [1.807, 2.05) is 73.6 Å². The summed E-state index contributed by atoms with van der Waals surface area (Å²) in [6.45, 7) is 1.31. The van der Waals surface area contributed by atoms with Crippen LogP contribution in [-0.4, -0.2) is 40.2 Å². The molecule has 0 saturated carbocycles. The summed E-state index contributed by atoms with van der Waals surface area (Å²) in [4.78, 5) is 14.7. The molecule has 1 saturated heterocycles. The number of carbonyl (C=O) groups is 1. The zero-order valence-electron chi connectivity index (χ0n) is 14.6. The minimum Gasteiger partial charge on any atom is -0.407 e. The second-order valence-corrected chi connectivity index (χ2v) is 6.20. The van der Waals surface area contributed by atoms with E-state index in [-0.39, 0.29) is 5.78 Å². The molecule has 2 aromatic carbocycles. The molecule has 0 unspecified atom stereocenters. The quantitative estimate of drug-likeness (QED) is 0.479. The highest BCUT2D eigenvalue weighted by atomic mass is 16.6. The standard InChI is InChI=1S/C20H22BNO3/c1-22(2)17-11-8-16(9-12-17)10-13-20(23)18-6-3-4-7-19(18)21-24-14-5-15-25-21/h3-4,6-13H,5,14-15H2,1-2H3/b13-10+. The second kappa shape index (κ2) is 8.14. The summed E-state index contributed by atoms with van der Waals surface area (Å²) in [6.07, 6.45) is 4.32. The third kappa shape index (κ3) is 4.38. The van der Waals surface area contributed by atoms with Gasteiger partial charge in [0.25, 0.3) is 0 Å². The van der Waals surface area contributed by atoms with E-state index in [1.54, 1.807) is 6.08 Å². The minimum atomic E-state index is -0.457. The summed E-state index contributed by atoms with van der Waals surface area (Å²) in [7, 11) is 3.54. The molecule has 0 bridgehead atoms. The molecule has 1 aliphatic rings. The molecule has 1 aliphatic heterocycles. The lowest BCUT2D eigenvalue weighted by atomic mass is 9.74. The summed E-state index contributed by atoms with van der Waals surface area (Å²) in [5.74, 6) is -0.0509. The van der Waals surface area contributed by atoms with Crippen molar-refractivity contribution in [3.8, 4) is 0 Å². The molecule has 0 amide bonds. The van der Waals surface area contributed by atoms with Crippen molar-refractivity contribution < 1.29 is 14.1 Å². The van der Waals surface area contributed by atoms with E-state index in [4.69, 9.17) is 9.31 Å². The number of anilines is 1. The molecule has 0 aromatic heterocycles. The van der Waals surface area contributed by atoms with Crippen LogP contribution >= 0.6 is 0 Å². The van der Waals surface area contributed by atoms with Crippen LogP contribution in [0.25, 0.3) is 6.08 Å². The van der Waals surface area contributed by atoms with Crippen LogP contribution in [0.15, 0.2) is 54.6 Å². The van der Waals surface area contributed by atoms with E-state index in [9.17, 15) is 4.79 Å². The Bertz CT molecular complexity index is 750. The molecule has 25 heavy (non-hydrogen) atoms. The van der Waals surface area contributed by atoms with Gasteiger partial charge in [-0.15, -0.1) is 0 Å². The molecule has 2 aromatic rings. The van der Waals surface area contributed by atoms with Gasteiger partial charge in [0, 0.05) is 38.6 Å². The number of ketones is 1. The molecule has 128 valence electrons.